The summed E-state index contributed by atoms with van der Waals surface area (Å²) in [5.74, 6) is -0.528. The highest BCUT2D eigenvalue weighted by molar-refractivity contribution is 7.89. The zero-order chi connectivity index (χ0) is 22.6. The molecule has 166 valence electrons. The highest BCUT2D eigenvalue weighted by Crippen LogP contribution is 2.24. The molecule has 2 aromatic rings. The number of carbonyl (C=O) groups is 2. The summed E-state index contributed by atoms with van der Waals surface area (Å²) < 4.78 is 27.4. The van der Waals surface area contributed by atoms with Gasteiger partial charge in [0.25, 0.3) is 11.8 Å². The third-order valence-corrected chi connectivity index (χ3v) is 6.90. The SMILES string of the molecule is CC(C)NS(=O)(=O)c1ccc(Cl)c(C(=O)N2CCC(NC(=O)c3cccnc3)CC2)c1. The number of hydrogen-bond acceptors (Lipinski definition) is 5. The molecule has 0 saturated carbocycles. The number of amides is 2. The molecule has 1 aromatic carbocycles. The van der Waals surface area contributed by atoms with Crippen LogP contribution in [0.2, 0.25) is 5.02 Å². The minimum absolute atomic E-state index is 0.00688. The average Bonchev–Trinajstić information content (AvgIpc) is 2.73. The molecule has 0 atom stereocenters. The van der Waals surface area contributed by atoms with Crippen molar-refractivity contribution in [2.24, 2.45) is 0 Å². The normalized spacial score (nSPS) is 15.2. The standard InChI is InChI=1S/C21H25ClN4O4S/c1-14(2)25-31(29,30)17-5-6-19(22)18(12-17)21(28)26-10-7-16(8-11-26)24-20(27)15-4-3-9-23-13-15/h3-6,9,12-14,16,25H,7-8,10-11H2,1-2H3,(H,24,27). The fraction of sp³-hybridized carbons (Fsp3) is 0.381. The highest BCUT2D eigenvalue weighted by atomic mass is 35.5. The van der Waals surface area contributed by atoms with Crippen molar-refractivity contribution in [2.75, 3.05) is 13.1 Å². The average molecular weight is 465 g/mol. The summed E-state index contributed by atoms with van der Waals surface area (Å²) in [5.41, 5.74) is 0.631. The molecule has 0 spiro atoms. The molecule has 0 radical (unpaired) electrons. The largest absolute Gasteiger partial charge is 0.349 e. The van der Waals surface area contributed by atoms with Crippen LogP contribution in [0.25, 0.3) is 0 Å². The van der Waals surface area contributed by atoms with Crippen molar-refractivity contribution in [3.8, 4) is 0 Å². The number of carbonyl (C=O) groups excluding carboxylic acids is 2. The number of piperidine rings is 1. The van der Waals surface area contributed by atoms with Crippen molar-refractivity contribution in [3.05, 3.63) is 58.9 Å². The van der Waals surface area contributed by atoms with E-state index in [1.807, 2.05) is 0 Å². The molecule has 8 nitrogen and oxygen atoms in total. The first-order valence-electron chi connectivity index (χ1n) is 9.99. The zero-order valence-corrected chi connectivity index (χ0v) is 18.9. The lowest BCUT2D eigenvalue weighted by Crippen LogP contribution is -2.46. The molecule has 31 heavy (non-hydrogen) atoms. The van der Waals surface area contributed by atoms with Crippen LogP contribution in [0.1, 0.15) is 47.4 Å². The first-order chi connectivity index (χ1) is 14.7. The lowest BCUT2D eigenvalue weighted by atomic mass is 10.0. The smallest absolute Gasteiger partial charge is 0.255 e. The number of nitrogens with zero attached hydrogens (tertiary/aromatic N) is 2. The predicted octanol–water partition coefficient (Wildman–Crippen LogP) is 2.46. The summed E-state index contributed by atoms with van der Waals surface area (Å²) in [7, 11) is -3.74. The molecule has 1 aliphatic rings. The molecular formula is C21H25ClN4O4S. The third kappa shape index (κ3) is 5.81. The molecule has 0 unspecified atom stereocenters. The molecule has 1 aliphatic heterocycles. The highest BCUT2D eigenvalue weighted by Gasteiger charge is 2.27. The van der Waals surface area contributed by atoms with E-state index < -0.39 is 10.0 Å². The molecule has 2 N–H and O–H groups in total. The molecule has 1 fully saturated rings. The van der Waals surface area contributed by atoms with Gasteiger partial charge in [0.05, 0.1) is 21.0 Å². The number of rotatable bonds is 6. The summed E-state index contributed by atoms with van der Waals surface area (Å²) in [5, 5.41) is 3.16. The Bertz CT molecular complexity index is 1050. The van der Waals surface area contributed by atoms with Crippen molar-refractivity contribution in [1.29, 1.82) is 0 Å². The number of pyridine rings is 1. The van der Waals surface area contributed by atoms with Gasteiger partial charge in [-0.25, -0.2) is 13.1 Å². The van der Waals surface area contributed by atoms with E-state index in [2.05, 4.69) is 15.0 Å². The maximum absolute atomic E-state index is 13.0. The van der Waals surface area contributed by atoms with Gasteiger partial charge in [-0.1, -0.05) is 11.6 Å². The van der Waals surface area contributed by atoms with Gasteiger partial charge in [-0.3, -0.25) is 14.6 Å². The summed E-state index contributed by atoms with van der Waals surface area (Å²) >= 11 is 6.21. The number of halogens is 1. The van der Waals surface area contributed by atoms with E-state index >= 15 is 0 Å². The number of benzene rings is 1. The van der Waals surface area contributed by atoms with E-state index in [9.17, 15) is 18.0 Å². The molecular weight excluding hydrogens is 440 g/mol. The van der Waals surface area contributed by atoms with Crippen LogP contribution in [0, 0.1) is 0 Å². The van der Waals surface area contributed by atoms with Gasteiger partial charge < -0.3 is 10.2 Å². The second-order valence-electron chi connectivity index (χ2n) is 7.70. The van der Waals surface area contributed by atoms with Crippen LogP contribution in [0.4, 0.5) is 0 Å². The predicted molar refractivity (Wildman–Crippen MR) is 118 cm³/mol. The van der Waals surface area contributed by atoms with Gasteiger partial charge in [0, 0.05) is 37.6 Å². The van der Waals surface area contributed by atoms with Gasteiger partial charge in [-0.15, -0.1) is 0 Å². The Balaban J connectivity index is 1.65. The Kier molecular flexibility index (Phi) is 7.30. The Morgan fingerprint density at radius 2 is 1.90 bits per heavy atom. The van der Waals surface area contributed by atoms with Crippen molar-refractivity contribution in [1.82, 2.24) is 19.9 Å². The molecule has 1 saturated heterocycles. The molecule has 10 heteroatoms. The van der Waals surface area contributed by atoms with E-state index in [-0.39, 0.29) is 39.4 Å². The molecule has 0 aliphatic carbocycles. The van der Waals surface area contributed by atoms with Gasteiger partial charge >= 0.3 is 0 Å². The maximum atomic E-state index is 13.0. The first-order valence-corrected chi connectivity index (χ1v) is 11.9. The minimum Gasteiger partial charge on any atom is -0.349 e. The topological polar surface area (TPSA) is 108 Å². The van der Waals surface area contributed by atoms with Crippen LogP contribution in [-0.2, 0) is 10.0 Å². The molecule has 2 amide bonds. The first kappa shape index (κ1) is 23.2. The van der Waals surface area contributed by atoms with E-state index in [1.54, 1.807) is 37.1 Å². The van der Waals surface area contributed by atoms with E-state index in [0.717, 1.165) is 0 Å². The number of sulfonamides is 1. The maximum Gasteiger partial charge on any atom is 0.255 e. The van der Waals surface area contributed by atoms with E-state index in [4.69, 9.17) is 11.6 Å². The molecule has 0 bridgehead atoms. The van der Waals surface area contributed by atoms with Crippen LogP contribution >= 0.6 is 11.6 Å². The second-order valence-corrected chi connectivity index (χ2v) is 9.82. The van der Waals surface area contributed by atoms with Gasteiger partial charge in [-0.05, 0) is 57.0 Å². The van der Waals surface area contributed by atoms with Crippen LogP contribution in [0.5, 0.6) is 0 Å². The Labute approximate surface area is 187 Å². The summed E-state index contributed by atoms with van der Waals surface area (Å²) in [4.78, 5) is 30.9. The van der Waals surface area contributed by atoms with Crippen LogP contribution in [-0.4, -0.2) is 55.3 Å². The Hall–Kier alpha value is -2.49. The van der Waals surface area contributed by atoms with Gasteiger partial charge in [0.15, 0.2) is 0 Å². The lowest BCUT2D eigenvalue weighted by Gasteiger charge is -2.32. The van der Waals surface area contributed by atoms with E-state index in [0.29, 0.717) is 31.5 Å². The van der Waals surface area contributed by atoms with Crippen molar-refractivity contribution in [2.45, 2.75) is 43.7 Å². The fourth-order valence-electron chi connectivity index (χ4n) is 3.38. The lowest BCUT2D eigenvalue weighted by molar-refractivity contribution is 0.0698. The third-order valence-electron chi connectivity index (χ3n) is 4.91. The number of nitrogens with one attached hydrogen (secondary N) is 2. The monoisotopic (exact) mass is 464 g/mol. The van der Waals surface area contributed by atoms with E-state index in [1.165, 1.54) is 24.4 Å². The fourth-order valence-corrected chi connectivity index (χ4v) is 4.85. The van der Waals surface area contributed by atoms with Gasteiger partial charge in [-0.2, -0.15) is 0 Å². The van der Waals surface area contributed by atoms with Gasteiger partial charge in [0.2, 0.25) is 10.0 Å². The number of aromatic nitrogens is 1. The van der Waals surface area contributed by atoms with Crippen molar-refractivity contribution in [3.63, 3.8) is 0 Å². The second kappa shape index (κ2) is 9.76. The molecule has 3 rings (SSSR count). The summed E-state index contributed by atoms with van der Waals surface area (Å²) in [6.45, 7) is 4.29. The number of hydrogen-bond donors (Lipinski definition) is 2. The van der Waals surface area contributed by atoms with Crippen LogP contribution in [0.15, 0.2) is 47.6 Å². The van der Waals surface area contributed by atoms with Gasteiger partial charge in [0.1, 0.15) is 0 Å². The zero-order valence-electron chi connectivity index (χ0n) is 17.3. The number of likely N-dealkylation sites (tertiary alicyclic amines) is 1. The van der Waals surface area contributed by atoms with Crippen LogP contribution < -0.4 is 10.0 Å². The quantitative estimate of drug-likeness (QED) is 0.682. The molecule has 1 aromatic heterocycles. The Morgan fingerprint density at radius 3 is 2.52 bits per heavy atom. The Morgan fingerprint density at radius 1 is 1.19 bits per heavy atom. The summed E-state index contributed by atoms with van der Waals surface area (Å²) in [6, 6.07) is 7.17. The molecule has 2 heterocycles. The van der Waals surface area contributed by atoms with Crippen molar-refractivity contribution < 1.29 is 18.0 Å². The minimum atomic E-state index is -3.74. The van der Waals surface area contributed by atoms with Crippen molar-refractivity contribution >= 4 is 33.4 Å². The van der Waals surface area contributed by atoms with Crippen LogP contribution in [0.3, 0.4) is 0 Å². The summed E-state index contributed by atoms with van der Waals surface area (Å²) in [6.07, 6.45) is 4.28.